The number of rotatable bonds is 4. The van der Waals surface area contributed by atoms with Crippen LogP contribution < -0.4 is 4.74 Å². The molecule has 3 nitrogen and oxygen atoms in total. The summed E-state index contributed by atoms with van der Waals surface area (Å²) in [5.74, 6) is 0.305. The number of esters is 1. The summed E-state index contributed by atoms with van der Waals surface area (Å²) < 4.78 is 10.7. The number of aryl methyl sites for hydroxylation is 2. The standard InChI is InChI=1S/C14H20O3/c1-6-16-14(15)12-8-10(4)7-11(5)13(12)17-9(2)3/h7-9H,6H2,1-5H3. The van der Waals surface area contributed by atoms with Crippen molar-refractivity contribution < 1.29 is 14.3 Å². The average molecular weight is 236 g/mol. The van der Waals surface area contributed by atoms with Crippen LogP contribution in [0, 0.1) is 13.8 Å². The van der Waals surface area contributed by atoms with Gasteiger partial charge in [-0.2, -0.15) is 0 Å². The van der Waals surface area contributed by atoms with E-state index in [9.17, 15) is 4.79 Å². The van der Waals surface area contributed by atoms with E-state index in [0.717, 1.165) is 11.1 Å². The molecule has 0 saturated heterocycles. The molecule has 0 aliphatic carbocycles. The number of hydrogen-bond acceptors (Lipinski definition) is 3. The second kappa shape index (κ2) is 5.71. The predicted octanol–water partition coefficient (Wildman–Crippen LogP) is 3.27. The molecule has 3 heteroatoms. The van der Waals surface area contributed by atoms with E-state index >= 15 is 0 Å². The molecule has 0 aliphatic rings. The van der Waals surface area contributed by atoms with Crippen LogP contribution in [0.25, 0.3) is 0 Å². The lowest BCUT2D eigenvalue weighted by Gasteiger charge is -2.16. The van der Waals surface area contributed by atoms with E-state index in [1.54, 1.807) is 6.92 Å². The average Bonchev–Trinajstić information content (AvgIpc) is 2.21. The summed E-state index contributed by atoms with van der Waals surface area (Å²) in [6, 6.07) is 3.81. The summed E-state index contributed by atoms with van der Waals surface area (Å²) in [5, 5.41) is 0. The molecule has 0 unspecified atom stereocenters. The van der Waals surface area contributed by atoms with E-state index in [0.29, 0.717) is 17.9 Å². The summed E-state index contributed by atoms with van der Waals surface area (Å²) in [7, 11) is 0. The number of hydrogen-bond donors (Lipinski definition) is 0. The van der Waals surface area contributed by atoms with Crippen molar-refractivity contribution in [1.29, 1.82) is 0 Å². The SMILES string of the molecule is CCOC(=O)c1cc(C)cc(C)c1OC(C)C. The second-order valence-electron chi connectivity index (χ2n) is 4.35. The Bertz CT molecular complexity index is 408. The number of carbonyl (C=O) groups excluding carboxylic acids is 1. The molecule has 94 valence electrons. The molecule has 1 rings (SSSR count). The Morgan fingerprint density at radius 2 is 1.94 bits per heavy atom. The van der Waals surface area contributed by atoms with Crippen LogP contribution in [-0.4, -0.2) is 18.7 Å². The van der Waals surface area contributed by atoms with Crippen LogP contribution in [0.2, 0.25) is 0 Å². The molecule has 0 N–H and O–H groups in total. The van der Waals surface area contributed by atoms with Crippen molar-refractivity contribution in [3.8, 4) is 5.75 Å². The predicted molar refractivity (Wildman–Crippen MR) is 67.6 cm³/mol. The van der Waals surface area contributed by atoms with E-state index in [4.69, 9.17) is 9.47 Å². The van der Waals surface area contributed by atoms with Gasteiger partial charge in [0.15, 0.2) is 0 Å². The molecule has 17 heavy (non-hydrogen) atoms. The Morgan fingerprint density at radius 3 is 2.47 bits per heavy atom. The summed E-state index contributed by atoms with van der Waals surface area (Å²) in [4.78, 5) is 11.8. The van der Waals surface area contributed by atoms with Crippen molar-refractivity contribution in [2.75, 3.05) is 6.61 Å². The third-order valence-corrected chi connectivity index (χ3v) is 2.27. The molecule has 0 amide bonds. The minimum Gasteiger partial charge on any atom is -0.490 e. The minimum absolute atomic E-state index is 0.0320. The van der Waals surface area contributed by atoms with Crippen molar-refractivity contribution in [2.24, 2.45) is 0 Å². The smallest absolute Gasteiger partial charge is 0.341 e. The first-order valence-corrected chi connectivity index (χ1v) is 5.90. The lowest BCUT2D eigenvalue weighted by Crippen LogP contribution is -2.13. The summed E-state index contributed by atoms with van der Waals surface area (Å²) in [6.07, 6.45) is 0.0320. The largest absolute Gasteiger partial charge is 0.490 e. The molecular formula is C14H20O3. The van der Waals surface area contributed by atoms with E-state index in [1.807, 2.05) is 39.8 Å². The van der Waals surface area contributed by atoms with Crippen LogP contribution in [0.4, 0.5) is 0 Å². The highest BCUT2D eigenvalue weighted by Crippen LogP contribution is 2.27. The molecule has 0 aromatic heterocycles. The third-order valence-electron chi connectivity index (χ3n) is 2.27. The van der Waals surface area contributed by atoms with Crippen molar-refractivity contribution in [2.45, 2.75) is 40.7 Å². The van der Waals surface area contributed by atoms with Gasteiger partial charge in [-0.1, -0.05) is 6.07 Å². The van der Waals surface area contributed by atoms with Crippen molar-refractivity contribution in [3.05, 3.63) is 28.8 Å². The number of benzene rings is 1. The zero-order valence-electron chi connectivity index (χ0n) is 11.2. The van der Waals surface area contributed by atoms with Crippen LogP contribution in [0.5, 0.6) is 5.75 Å². The maximum atomic E-state index is 11.8. The highest BCUT2D eigenvalue weighted by Gasteiger charge is 2.17. The van der Waals surface area contributed by atoms with Crippen molar-refractivity contribution in [3.63, 3.8) is 0 Å². The van der Waals surface area contributed by atoms with Crippen LogP contribution in [0.3, 0.4) is 0 Å². The first kappa shape index (κ1) is 13.6. The maximum Gasteiger partial charge on any atom is 0.341 e. The van der Waals surface area contributed by atoms with Gasteiger partial charge in [0.1, 0.15) is 11.3 Å². The van der Waals surface area contributed by atoms with Crippen LogP contribution >= 0.6 is 0 Å². The molecule has 0 fully saturated rings. The minimum atomic E-state index is -0.324. The highest BCUT2D eigenvalue weighted by molar-refractivity contribution is 5.93. The van der Waals surface area contributed by atoms with E-state index in [2.05, 4.69) is 0 Å². The highest BCUT2D eigenvalue weighted by atomic mass is 16.5. The van der Waals surface area contributed by atoms with Gasteiger partial charge in [-0.05, 0) is 51.8 Å². The van der Waals surface area contributed by atoms with Gasteiger partial charge in [0.05, 0.1) is 12.7 Å². The Balaban J connectivity index is 3.19. The topological polar surface area (TPSA) is 35.5 Å². The monoisotopic (exact) mass is 236 g/mol. The normalized spacial score (nSPS) is 10.5. The number of carbonyl (C=O) groups is 1. The quantitative estimate of drug-likeness (QED) is 0.753. The number of ether oxygens (including phenoxy) is 2. The van der Waals surface area contributed by atoms with Crippen LogP contribution in [-0.2, 0) is 4.74 Å². The molecule has 0 radical (unpaired) electrons. The van der Waals surface area contributed by atoms with Gasteiger partial charge >= 0.3 is 5.97 Å². The third kappa shape index (κ3) is 3.48. The zero-order chi connectivity index (χ0) is 13.0. The van der Waals surface area contributed by atoms with Crippen LogP contribution in [0.15, 0.2) is 12.1 Å². The fourth-order valence-corrected chi connectivity index (χ4v) is 1.71. The lowest BCUT2D eigenvalue weighted by atomic mass is 10.1. The lowest BCUT2D eigenvalue weighted by molar-refractivity contribution is 0.0519. The molecule has 1 aromatic carbocycles. The summed E-state index contributed by atoms with van der Waals surface area (Å²) in [5.41, 5.74) is 2.50. The Kier molecular flexibility index (Phi) is 4.55. The van der Waals surface area contributed by atoms with Crippen LogP contribution in [0.1, 0.15) is 42.3 Å². The Morgan fingerprint density at radius 1 is 1.29 bits per heavy atom. The van der Waals surface area contributed by atoms with Gasteiger partial charge in [-0.25, -0.2) is 4.79 Å². The Labute approximate surface area is 103 Å². The molecule has 1 aromatic rings. The van der Waals surface area contributed by atoms with Gasteiger partial charge in [0.2, 0.25) is 0 Å². The fourth-order valence-electron chi connectivity index (χ4n) is 1.71. The van der Waals surface area contributed by atoms with Gasteiger partial charge < -0.3 is 9.47 Å². The molecule has 0 saturated carbocycles. The van der Waals surface area contributed by atoms with Gasteiger partial charge in [0, 0.05) is 0 Å². The van der Waals surface area contributed by atoms with E-state index in [1.165, 1.54) is 0 Å². The van der Waals surface area contributed by atoms with Crippen molar-refractivity contribution >= 4 is 5.97 Å². The summed E-state index contributed by atoms with van der Waals surface area (Å²) >= 11 is 0. The van der Waals surface area contributed by atoms with E-state index < -0.39 is 0 Å². The van der Waals surface area contributed by atoms with Gasteiger partial charge in [0.25, 0.3) is 0 Å². The molecule has 0 aliphatic heterocycles. The van der Waals surface area contributed by atoms with Gasteiger partial charge in [-0.3, -0.25) is 0 Å². The first-order valence-electron chi connectivity index (χ1n) is 5.90. The molecular weight excluding hydrogens is 216 g/mol. The second-order valence-corrected chi connectivity index (χ2v) is 4.35. The molecule has 0 atom stereocenters. The molecule has 0 bridgehead atoms. The van der Waals surface area contributed by atoms with Gasteiger partial charge in [-0.15, -0.1) is 0 Å². The first-order chi connectivity index (χ1) is 7.95. The van der Waals surface area contributed by atoms with E-state index in [-0.39, 0.29) is 12.1 Å². The summed E-state index contributed by atoms with van der Waals surface area (Å²) in [6.45, 7) is 9.93. The zero-order valence-corrected chi connectivity index (χ0v) is 11.2. The Hall–Kier alpha value is -1.51. The van der Waals surface area contributed by atoms with Crippen molar-refractivity contribution in [1.82, 2.24) is 0 Å². The maximum absolute atomic E-state index is 11.8. The fraction of sp³-hybridized carbons (Fsp3) is 0.500. The molecule has 0 heterocycles. The molecule has 0 spiro atoms.